The smallest absolute Gasteiger partial charge is 0.381 e. The van der Waals surface area contributed by atoms with Gasteiger partial charge in [0.25, 0.3) is 0 Å². The number of nitrogens with zero attached hydrogens (tertiary/aromatic N) is 3. The van der Waals surface area contributed by atoms with Gasteiger partial charge < -0.3 is 49.3 Å². The maximum absolute atomic E-state index is 11.7. The van der Waals surface area contributed by atoms with Crippen LogP contribution in [0.5, 0.6) is 0 Å². The fraction of sp³-hybridized carbons (Fsp3) is 0.688. The van der Waals surface area contributed by atoms with Crippen LogP contribution in [0.25, 0.3) is 0 Å². The average Bonchev–Trinajstić information content (AvgIpc) is 3.07. The third-order valence-corrected chi connectivity index (χ3v) is 4.37. The van der Waals surface area contributed by atoms with Crippen LogP contribution in [0.4, 0.5) is 5.82 Å². The van der Waals surface area contributed by atoms with Gasteiger partial charge in [0, 0.05) is 13.5 Å². The summed E-state index contributed by atoms with van der Waals surface area (Å²) < 4.78 is 16.0. The molecular formula is C16H23N3O11. The van der Waals surface area contributed by atoms with Gasteiger partial charge in [-0.2, -0.15) is 0 Å². The molecule has 5 atom stereocenters. The number of ether oxygens (including phenoxy) is 3. The molecule has 0 bridgehead atoms. The summed E-state index contributed by atoms with van der Waals surface area (Å²) in [5.74, 6) is -1.38. The number of aromatic nitrogens is 2. The summed E-state index contributed by atoms with van der Waals surface area (Å²) in [6.07, 6.45) is -7.10. The van der Waals surface area contributed by atoms with E-state index < -0.39 is 54.2 Å². The fourth-order valence-corrected chi connectivity index (χ4v) is 2.65. The van der Waals surface area contributed by atoms with Crippen LogP contribution < -0.4 is 0 Å². The topological polar surface area (TPSA) is 204 Å². The molecule has 0 radical (unpaired) electrons. The molecule has 4 N–H and O–H groups in total. The first-order chi connectivity index (χ1) is 14.1. The predicted octanol–water partition coefficient (Wildman–Crippen LogP) is -2.23. The van der Waals surface area contributed by atoms with E-state index in [4.69, 9.17) is 14.2 Å². The molecule has 1 saturated heterocycles. The van der Waals surface area contributed by atoms with Crippen molar-refractivity contribution in [3.8, 4) is 0 Å². The summed E-state index contributed by atoms with van der Waals surface area (Å²) in [7, 11) is 0. The Morgan fingerprint density at radius 2 is 1.83 bits per heavy atom. The highest BCUT2D eigenvalue weighted by atomic mass is 16.7. The highest BCUT2D eigenvalue weighted by Gasteiger charge is 2.43. The van der Waals surface area contributed by atoms with Crippen molar-refractivity contribution in [2.24, 2.45) is 0 Å². The Balaban J connectivity index is 1.65. The molecule has 0 saturated carbocycles. The number of aliphatic hydroxyl groups excluding tert-OH is 4. The second-order valence-electron chi connectivity index (χ2n) is 6.54. The van der Waals surface area contributed by atoms with Crippen molar-refractivity contribution in [2.45, 2.75) is 57.0 Å². The molecule has 0 unspecified atom stereocenters. The van der Waals surface area contributed by atoms with Crippen LogP contribution in [-0.4, -0.2) is 90.8 Å². The first-order valence-corrected chi connectivity index (χ1v) is 8.97. The first-order valence-electron chi connectivity index (χ1n) is 8.97. The van der Waals surface area contributed by atoms with Crippen LogP contribution in [0, 0.1) is 17.0 Å². The zero-order valence-corrected chi connectivity index (χ0v) is 16.0. The van der Waals surface area contributed by atoms with E-state index in [-0.39, 0.29) is 31.8 Å². The van der Waals surface area contributed by atoms with Gasteiger partial charge >= 0.3 is 17.8 Å². The van der Waals surface area contributed by atoms with Crippen molar-refractivity contribution >= 4 is 17.8 Å². The predicted molar refractivity (Wildman–Crippen MR) is 93.7 cm³/mol. The molecule has 14 heteroatoms. The van der Waals surface area contributed by atoms with Gasteiger partial charge in [-0.15, -0.1) is 0 Å². The fourth-order valence-electron chi connectivity index (χ4n) is 2.65. The van der Waals surface area contributed by atoms with Crippen LogP contribution in [0.3, 0.4) is 0 Å². The molecule has 1 aliphatic rings. The van der Waals surface area contributed by atoms with Crippen LogP contribution in [0.2, 0.25) is 0 Å². The molecule has 14 nitrogen and oxygen atoms in total. The molecule has 2 rings (SSSR count). The van der Waals surface area contributed by atoms with Gasteiger partial charge in [-0.3, -0.25) is 9.59 Å². The van der Waals surface area contributed by atoms with Gasteiger partial charge in [-0.05, 0) is 9.91 Å². The molecule has 1 aromatic rings. The Hall–Kier alpha value is -2.65. The number of imidazole rings is 1. The van der Waals surface area contributed by atoms with Crippen molar-refractivity contribution in [2.75, 3.05) is 13.2 Å². The van der Waals surface area contributed by atoms with Crippen molar-refractivity contribution in [1.29, 1.82) is 0 Å². The quantitative estimate of drug-likeness (QED) is 0.185. The maximum atomic E-state index is 11.7. The van der Waals surface area contributed by atoms with Gasteiger partial charge in [0.2, 0.25) is 5.82 Å². The number of aliphatic hydroxyl groups is 4. The lowest BCUT2D eigenvalue weighted by Crippen LogP contribution is -2.58. The molecule has 168 valence electrons. The van der Waals surface area contributed by atoms with Crippen LogP contribution in [0.15, 0.2) is 6.20 Å². The van der Waals surface area contributed by atoms with Gasteiger partial charge in [-0.25, -0.2) is 0 Å². The molecule has 30 heavy (non-hydrogen) atoms. The molecule has 1 aromatic heterocycles. The zero-order chi connectivity index (χ0) is 22.4. The molecule has 1 fully saturated rings. The Bertz CT molecular complexity index is 768. The molecule has 0 amide bonds. The number of hydrogen-bond acceptors (Lipinski definition) is 12. The number of carbonyl (C=O) groups is 2. The minimum atomic E-state index is -1.74. The highest BCUT2D eigenvalue weighted by molar-refractivity contribution is 5.71. The van der Waals surface area contributed by atoms with E-state index in [1.807, 2.05) is 0 Å². The Labute approximate surface area is 169 Å². The molecule has 0 spiro atoms. The number of rotatable bonds is 9. The van der Waals surface area contributed by atoms with Gasteiger partial charge in [-0.1, -0.05) is 0 Å². The Morgan fingerprint density at radius 1 is 1.17 bits per heavy atom. The monoisotopic (exact) mass is 433 g/mol. The SMILES string of the molecule is Cc1nc([N+](=O)[O-])cn1CCC(=O)OCCC(=O)OC[C@H]1O[C@@H](O)[C@H](O)[C@@H](O)[C@@H]1O. The Morgan fingerprint density at radius 3 is 2.47 bits per heavy atom. The largest absolute Gasteiger partial charge is 0.465 e. The second-order valence-corrected chi connectivity index (χ2v) is 6.54. The lowest BCUT2D eigenvalue weighted by atomic mass is 9.99. The number of esters is 2. The second kappa shape index (κ2) is 10.4. The zero-order valence-electron chi connectivity index (χ0n) is 16.0. The third kappa shape index (κ3) is 6.17. The molecule has 0 aliphatic carbocycles. The third-order valence-electron chi connectivity index (χ3n) is 4.37. The summed E-state index contributed by atoms with van der Waals surface area (Å²) >= 11 is 0. The summed E-state index contributed by atoms with van der Waals surface area (Å²) in [5, 5.41) is 48.7. The van der Waals surface area contributed by atoms with Crippen molar-refractivity contribution < 1.29 is 49.1 Å². The lowest BCUT2D eigenvalue weighted by molar-refractivity contribution is -0.389. The lowest BCUT2D eigenvalue weighted by Gasteiger charge is -2.37. The van der Waals surface area contributed by atoms with Gasteiger partial charge in [0.1, 0.15) is 43.8 Å². The standard InChI is InChI=1S/C16H23N3O11/c1-8-17-10(19(26)27)6-18(8)4-2-11(20)28-5-3-12(21)29-7-9-13(22)14(23)15(24)16(25)30-9/h6,9,13-16,22-25H,2-5,7H2,1H3/t9-,13-,14+,15-,16-/m1/s1. The average molecular weight is 433 g/mol. The van der Waals surface area contributed by atoms with E-state index in [1.54, 1.807) is 6.92 Å². The normalized spacial score (nSPS) is 26.2. The highest BCUT2D eigenvalue weighted by Crippen LogP contribution is 2.20. The first kappa shape index (κ1) is 23.6. The van der Waals surface area contributed by atoms with E-state index in [1.165, 1.54) is 10.8 Å². The van der Waals surface area contributed by atoms with Crippen LogP contribution in [0.1, 0.15) is 18.7 Å². The minimum absolute atomic E-state index is 0.0936. The van der Waals surface area contributed by atoms with Crippen LogP contribution in [-0.2, 0) is 30.3 Å². The van der Waals surface area contributed by atoms with Crippen molar-refractivity contribution in [3.05, 3.63) is 22.1 Å². The summed E-state index contributed by atoms with van der Waals surface area (Å²) in [5.41, 5.74) is 0. The minimum Gasteiger partial charge on any atom is -0.465 e. The number of carbonyl (C=O) groups excluding carboxylic acids is 2. The summed E-state index contributed by atoms with van der Waals surface area (Å²) in [4.78, 5) is 37.2. The van der Waals surface area contributed by atoms with E-state index in [0.717, 1.165) is 0 Å². The van der Waals surface area contributed by atoms with Crippen molar-refractivity contribution in [3.63, 3.8) is 0 Å². The van der Waals surface area contributed by atoms with Crippen LogP contribution >= 0.6 is 0 Å². The van der Waals surface area contributed by atoms with E-state index in [2.05, 4.69) is 4.98 Å². The molecule has 2 heterocycles. The molecular weight excluding hydrogens is 410 g/mol. The Kier molecular flexibility index (Phi) is 8.19. The van der Waals surface area contributed by atoms with Gasteiger partial charge in [0.05, 0.1) is 12.8 Å². The maximum Gasteiger partial charge on any atom is 0.381 e. The molecule has 0 aromatic carbocycles. The summed E-state index contributed by atoms with van der Waals surface area (Å²) in [6.45, 7) is 0.898. The number of hydrogen-bond donors (Lipinski definition) is 4. The number of nitro groups is 1. The molecule has 1 aliphatic heterocycles. The van der Waals surface area contributed by atoms with E-state index >= 15 is 0 Å². The summed E-state index contributed by atoms with van der Waals surface area (Å²) in [6, 6.07) is 0. The number of aryl methyl sites for hydroxylation is 2. The van der Waals surface area contributed by atoms with E-state index in [9.17, 15) is 40.1 Å². The van der Waals surface area contributed by atoms with Crippen molar-refractivity contribution in [1.82, 2.24) is 9.55 Å². The van der Waals surface area contributed by atoms with E-state index in [0.29, 0.717) is 5.82 Å². The van der Waals surface area contributed by atoms with Gasteiger partial charge in [0.15, 0.2) is 6.29 Å².